The number of rotatable bonds is 5. The van der Waals surface area contributed by atoms with Crippen LogP contribution >= 0.6 is 0 Å². The summed E-state index contributed by atoms with van der Waals surface area (Å²) in [5.74, 6) is -0.479. The zero-order chi connectivity index (χ0) is 12.8. The monoisotopic (exact) mass is 234 g/mol. The van der Waals surface area contributed by atoms with Crippen molar-refractivity contribution < 1.29 is 9.90 Å². The highest BCUT2D eigenvalue weighted by Crippen LogP contribution is 2.11. The summed E-state index contributed by atoms with van der Waals surface area (Å²) < 4.78 is 0. The van der Waals surface area contributed by atoms with Gasteiger partial charge in [0.25, 0.3) is 0 Å². The maximum atomic E-state index is 10.6. The minimum atomic E-state index is -0.868. The van der Waals surface area contributed by atoms with Gasteiger partial charge in [0.1, 0.15) is 11.8 Å². The van der Waals surface area contributed by atoms with Gasteiger partial charge in [-0.25, -0.2) is 9.97 Å². The van der Waals surface area contributed by atoms with Crippen LogP contribution in [0, 0.1) is 11.3 Å². The number of hydrogen-bond donors (Lipinski definition) is 1. The number of aromatic nitrogens is 2. The first-order valence-electron chi connectivity index (χ1n) is 5.26. The molecule has 0 saturated heterocycles. The molecular formula is C11H14N4O2. The molecule has 0 amide bonds. The first-order chi connectivity index (χ1) is 8.04. The summed E-state index contributed by atoms with van der Waals surface area (Å²) in [7, 11) is 0. The van der Waals surface area contributed by atoms with Gasteiger partial charge in [-0.2, -0.15) is 5.26 Å². The number of nitrogens with zero attached hydrogens (tertiary/aromatic N) is 4. The van der Waals surface area contributed by atoms with Gasteiger partial charge in [0.15, 0.2) is 0 Å². The Labute approximate surface area is 99.5 Å². The molecule has 17 heavy (non-hydrogen) atoms. The van der Waals surface area contributed by atoms with E-state index in [1.165, 1.54) is 12.3 Å². The van der Waals surface area contributed by atoms with Crippen molar-refractivity contribution in [2.24, 2.45) is 0 Å². The maximum absolute atomic E-state index is 10.6. The van der Waals surface area contributed by atoms with Crippen LogP contribution in [-0.2, 0) is 4.79 Å². The van der Waals surface area contributed by atoms with E-state index in [-0.39, 0.29) is 18.2 Å². The van der Waals surface area contributed by atoms with Crippen LogP contribution in [0.25, 0.3) is 0 Å². The molecule has 0 fully saturated rings. The Morgan fingerprint density at radius 1 is 1.65 bits per heavy atom. The molecule has 0 aliphatic rings. The van der Waals surface area contributed by atoms with E-state index >= 15 is 0 Å². The lowest BCUT2D eigenvalue weighted by Gasteiger charge is -2.25. The average Bonchev–Trinajstić information content (AvgIpc) is 2.28. The lowest BCUT2D eigenvalue weighted by molar-refractivity contribution is -0.136. The van der Waals surface area contributed by atoms with Crippen molar-refractivity contribution in [2.45, 2.75) is 26.3 Å². The van der Waals surface area contributed by atoms with Gasteiger partial charge in [0.2, 0.25) is 5.95 Å². The molecule has 0 unspecified atom stereocenters. The first kappa shape index (κ1) is 12.9. The molecule has 1 aromatic heterocycles. The lowest BCUT2D eigenvalue weighted by atomic mass is 10.3. The second-order valence-corrected chi connectivity index (χ2v) is 3.78. The smallest absolute Gasteiger partial charge is 0.305 e. The van der Waals surface area contributed by atoms with Gasteiger partial charge in [0.05, 0.1) is 6.42 Å². The van der Waals surface area contributed by atoms with Crippen molar-refractivity contribution in [1.29, 1.82) is 5.26 Å². The summed E-state index contributed by atoms with van der Waals surface area (Å²) in [6.07, 6.45) is 1.51. The quantitative estimate of drug-likeness (QED) is 0.818. The van der Waals surface area contributed by atoms with E-state index in [9.17, 15) is 4.79 Å². The minimum absolute atomic E-state index is 0.0122. The largest absolute Gasteiger partial charge is 0.481 e. The normalized spacial score (nSPS) is 10.0. The van der Waals surface area contributed by atoms with Gasteiger partial charge in [-0.3, -0.25) is 4.79 Å². The Kier molecular flexibility index (Phi) is 4.40. The SMILES string of the molecule is CC(C)N(CCC(=O)O)c1nccc(C#N)n1. The molecule has 1 N–H and O–H groups in total. The Balaban J connectivity index is 2.89. The summed E-state index contributed by atoms with van der Waals surface area (Å²) >= 11 is 0. The second-order valence-electron chi connectivity index (χ2n) is 3.78. The van der Waals surface area contributed by atoms with Crippen molar-refractivity contribution in [1.82, 2.24) is 9.97 Å². The molecule has 0 radical (unpaired) electrons. The average molecular weight is 234 g/mol. The van der Waals surface area contributed by atoms with Crippen LogP contribution in [0.2, 0.25) is 0 Å². The third kappa shape index (κ3) is 3.72. The minimum Gasteiger partial charge on any atom is -0.481 e. The molecule has 0 atom stereocenters. The molecule has 0 saturated carbocycles. The fourth-order valence-electron chi connectivity index (χ4n) is 1.35. The van der Waals surface area contributed by atoms with E-state index in [1.807, 2.05) is 19.9 Å². The van der Waals surface area contributed by atoms with Crippen LogP contribution in [0.1, 0.15) is 26.0 Å². The lowest BCUT2D eigenvalue weighted by Crippen LogP contribution is -2.34. The third-order valence-corrected chi connectivity index (χ3v) is 2.20. The summed E-state index contributed by atoms with van der Waals surface area (Å²) in [6, 6.07) is 3.52. The molecule has 1 rings (SSSR count). The number of carboxylic acids is 1. The van der Waals surface area contributed by atoms with Crippen molar-refractivity contribution in [3.63, 3.8) is 0 Å². The van der Waals surface area contributed by atoms with Gasteiger partial charge < -0.3 is 10.0 Å². The summed E-state index contributed by atoms with van der Waals surface area (Å²) in [5, 5.41) is 17.4. The summed E-state index contributed by atoms with van der Waals surface area (Å²) in [5.41, 5.74) is 0.274. The first-order valence-corrected chi connectivity index (χ1v) is 5.26. The second kappa shape index (κ2) is 5.80. The van der Waals surface area contributed by atoms with Crippen molar-refractivity contribution in [2.75, 3.05) is 11.4 Å². The van der Waals surface area contributed by atoms with Crippen molar-refractivity contribution in [3.8, 4) is 6.07 Å². The van der Waals surface area contributed by atoms with Crippen LogP contribution < -0.4 is 4.90 Å². The van der Waals surface area contributed by atoms with Crippen molar-refractivity contribution in [3.05, 3.63) is 18.0 Å². The molecule has 0 spiro atoms. The van der Waals surface area contributed by atoms with Gasteiger partial charge >= 0.3 is 5.97 Å². The highest BCUT2D eigenvalue weighted by atomic mass is 16.4. The predicted molar refractivity (Wildman–Crippen MR) is 61.5 cm³/mol. The molecule has 0 bridgehead atoms. The van der Waals surface area contributed by atoms with Crippen LogP contribution in [0.5, 0.6) is 0 Å². The van der Waals surface area contributed by atoms with Crippen molar-refractivity contribution >= 4 is 11.9 Å². The molecule has 1 heterocycles. The van der Waals surface area contributed by atoms with E-state index in [2.05, 4.69) is 9.97 Å². The fraction of sp³-hybridized carbons (Fsp3) is 0.455. The van der Waals surface area contributed by atoms with E-state index in [4.69, 9.17) is 10.4 Å². The number of carbonyl (C=O) groups is 1. The Hall–Kier alpha value is -2.16. The van der Waals surface area contributed by atoms with Gasteiger partial charge in [0, 0.05) is 18.8 Å². The number of aliphatic carboxylic acids is 1. The highest BCUT2D eigenvalue weighted by molar-refractivity contribution is 5.67. The van der Waals surface area contributed by atoms with E-state index in [1.54, 1.807) is 4.90 Å². The Morgan fingerprint density at radius 3 is 2.88 bits per heavy atom. The zero-order valence-electron chi connectivity index (χ0n) is 9.79. The zero-order valence-corrected chi connectivity index (χ0v) is 9.79. The number of hydrogen-bond acceptors (Lipinski definition) is 5. The highest BCUT2D eigenvalue weighted by Gasteiger charge is 2.15. The molecule has 0 aliphatic carbocycles. The van der Waals surface area contributed by atoms with E-state index < -0.39 is 5.97 Å². The van der Waals surface area contributed by atoms with Crippen LogP contribution in [0.3, 0.4) is 0 Å². The van der Waals surface area contributed by atoms with Gasteiger partial charge in [-0.15, -0.1) is 0 Å². The number of nitriles is 1. The fourth-order valence-corrected chi connectivity index (χ4v) is 1.35. The van der Waals surface area contributed by atoms with E-state index in [0.29, 0.717) is 12.5 Å². The number of carboxylic acid groups (broad SMARTS) is 1. The summed E-state index contributed by atoms with van der Waals surface area (Å²) in [6.45, 7) is 4.16. The molecule has 0 aliphatic heterocycles. The molecule has 6 nitrogen and oxygen atoms in total. The molecule has 6 heteroatoms. The summed E-state index contributed by atoms with van der Waals surface area (Å²) in [4.78, 5) is 20.4. The van der Waals surface area contributed by atoms with Gasteiger partial charge in [-0.05, 0) is 19.9 Å². The van der Waals surface area contributed by atoms with Gasteiger partial charge in [-0.1, -0.05) is 0 Å². The van der Waals surface area contributed by atoms with E-state index in [0.717, 1.165) is 0 Å². The maximum Gasteiger partial charge on any atom is 0.305 e. The molecule has 90 valence electrons. The Bertz CT molecular complexity index is 439. The Morgan fingerprint density at radius 2 is 2.35 bits per heavy atom. The van der Waals surface area contributed by atoms with Crippen LogP contribution in [-0.4, -0.2) is 33.6 Å². The topological polar surface area (TPSA) is 90.1 Å². The molecule has 0 aromatic carbocycles. The predicted octanol–water partition coefficient (Wildman–Crippen LogP) is 1.04. The van der Waals surface area contributed by atoms with Crippen LogP contribution in [0.15, 0.2) is 12.3 Å². The molecule has 1 aromatic rings. The standard InChI is InChI=1S/C11H14N4O2/c1-8(2)15(6-4-10(16)17)11-13-5-3-9(7-12)14-11/h3,5,8H,4,6H2,1-2H3,(H,16,17). The number of anilines is 1. The van der Waals surface area contributed by atoms with Crippen LogP contribution in [0.4, 0.5) is 5.95 Å². The molecular weight excluding hydrogens is 220 g/mol. The third-order valence-electron chi connectivity index (χ3n) is 2.20.